The van der Waals surface area contributed by atoms with Gasteiger partial charge in [-0.1, -0.05) is 60.7 Å². The quantitative estimate of drug-likeness (QED) is 0.920. The van der Waals surface area contributed by atoms with E-state index in [1.54, 1.807) is 4.90 Å². The molecule has 2 aromatic rings. The number of likely N-dealkylation sites (N-methyl/N-ethyl adjacent to an activating group) is 1. The summed E-state index contributed by atoms with van der Waals surface area (Å²) in [6.45, 7) is 3.24. The monoisotopic (exact) mass is 322 g/mol. The van der Waals surface area contributed by atoms with Crippen LogP contribution >= 0.6 is 0 Å². The molecule has 0 saturated carbocycles. The molecule has 0 bridgehead atoms. The zero-order valence-corrected chi connectivity index (χ0v) is 13.8. The van der Waals surface area contributed by atoms with Gasteiger partial charge in [-0.3, -0.25) is 9.59 Å². The maximum atomic E-state index is 13.0. The van der Waals surface area contributed by atoms with E-state index in [0.29, 0.717) is 19.5 Å². The molecule has 4 heteroatoms. The lowest BCUT2D eigenvalue weighted by molar-refractivity contribution is -0.127. The molecule has 1 fully saturated rings. The van der Waals surface area contributed by atoms with Crippen LogP contribution in [-0.4, -0.2) is 35.8 Å². The lowest BCUT2D eigenvalue weighted by atomic mass is 9.90. The van der Waals surface area contributed by atoms with Crippen molar-refractivity contribution < 1.29 is 9.59 Å². The fraction of sp³-hybridized carbons (Fsp3) is 0.300. The Kier molecular flexibility index (Phi) is 4.94. The number of nitrogens with one attached hydrogen (secondary N) is 1. The third-order valence-electron chi connectivity index (χ3n) is 4.47. The zero-order valence-electron chi connectivity index (χ0n) is 13.8. The second kappa shape index (κ2) is 7.30. The fourth-order valence-corrected chi connectivity index (χ4v) is 3.25. The van der Waals surface area contributed by atoms with Crippen LogP contribution < -0.4 is 5.32 Å². The first kappa shape index (κ1) is 16.2. The van der Waals surface area contributed by atoms with Gasteiger partial charge in [0.2, 0.25) is 11.8 Å². The van der Waals surface area contributed by atoms with Crippen molar-refractivity contribution >= 4 is 11.8 Å². The van der Waals surface area contributed by atoms with Gasteiger partial charge in [0.05, 0.1) is 12.0 Å². The highest BCUT2D eigenvalue weighted by Gasteiger charge is 2.32. The Morgan fingerprint density at radius 2 is 1.62 bits per heavy atom. The molecule has 4 nitrogen and oxygen atoms in total. The molecule has 24 heavy (non-hydrogen) atoms. The minimum absolute atomic E-state index is 0.0526. The predicted molar refractivity (Wildman–Crippen MR) is 93.5 cm³/mol. The third-order valence-corrected chi connectivity index (χ3v) is 4.47. The van der Waals surface area contributed by atoms with Crippen molar-refractivity contribution in [2.45, 2.75) is 25.3 Å². The predicted octanol–water partition coefficient (Wildman–Crippen LogP) is 2.56. The Morgan fingerprint density at radius 1 is 1.08 bits per heavy atom. The van der Waals surface area contributed by atoms with E-state index in [0.717, 1.165) is 11.1 Å². The summed E-state index contributed by atoms with van der Waals surface area (Å²) >= 11 is 0. The summed E-state index contributed by atoms with van der Waals surface area (Å²) in [6, 6.07) is 19.4. The second-order valence-corrected chi connectivity index (χ2v) is 6.10. The van der Waals surface area contributed by atoms with E-state index >= 15 is 0 Å². The molecule has 2 aromatic carbocycles. The number of carbonyl (C=O) groups excluding carboxylic acids is 2. The zero-order chi connectivity index (χ0) is 16.9. The first-order valence-corrected chi connectivity index (χ1v) is 8.37. The normalized spacial score (nSPS) is 17.3. The van der Waals surface area contributed by atoms with E-state index < -0.39 is 0 Å². The third kappa shape index (κ3) is 3.48. The van der Waals surface area contributed by atoms with Crippen molar-refractivity contribution in [1.82, 2.24) is 10.2 Å². The van der Waals surface area contributed by atoms with E-state index in [9.17, 15) is 9.59 Å². The van der Waals surface area contributed by atoms with E-state index in [1.165, 1.54) is 0 Å². The van der Waals surface area contributed by atoms with Gasteiger partial charge in [-0.2, -0.15) is 0 Å². The summed E-state index contributed by atoms with van der Waals surface area (Å²) in [6.07, 6.45) is 0.385. The van der Waals surface area contributed by atoms with Crippen molar-refractivity contribution in [2.75, 3.05) is 13.1 Å². The lowest BCUT2D eigenvalue weighted by Gasteiger charge is -2.21. The Morgan fingerprint density at radius 3 is 2.08 bits per heavy atom. The molecule has 0 aromatic heterocycles. The molecule has 1 unspecified atom stereocenters. The SMILES string of the molecule is CCN1CC(NC(=O)C(c2ccccc2)c2ccccc2)CC1=O. The van der Waals surface area contributed by atoms with Crippen molar-refractivity contribution in [3.05, 3.63) is 71.8 Å². The van der Waals surface area contributed by atoms with E-state index in [1.807, 2.05) is 67.6 Å². The Bertz CT molecular complexity index is 661. The van der Waals surface area contributed by atoms with Crippen molar-refractivity contribution in [3.8, 4) is 0 Å². The van der Waals surface area contributed by atoms with Crippen LogP contribution in [0.25, 0.3) is 0 Å². The van der Waals surface area contributed by atoms with Crippen LogP contribution in [0, 0.1) is 0 Å². The second-order valence-electron chi connectivity index (χ2n) is 6.10. The van der Waals surface area contributed by atoms with Crippen LogP contribution in [-0.2, 0) is 9.59 Å². The molecular formula is C20H22N2O2. The van der Waals surface area contributed by atoms with Crippen LogP contribution in [0.3, 0.4) is 0 Å². The topological polar surface area (TPSA) is 49.4 Å². The first-order valence-electron chi connectivity index (χ1n) is 8.37. The van der Waals surface area contributed by atoms with Crippen molar-refractivity contribution in [1.29, 1.82) is 0 Å². The van der Waals surface area contributed by atoms with Crippen LogP contribution in [0.15, 0.2) is 60.7 Å². The number of hydrogen-bond donors (Lipinski definition) is 1. The summed E-state index contributed by atoms with van der Waals surface area (Å²) in [5.41, 5.74) is 1.91. The Labute approximate surface area is 142 Å². The van der Waals surface area contributed by atoms with Gasteiger partial charge in [-0.05, 0) is 18.1 Å². The summed E-state index contributed by atoms with van der Waals surface area (Å²) in [5.74, 6) is -0.305. The summed E-state index contributed by atoms with van der Waals surface area (Å²) < 4.78 is 0. The molecule has 0 spiro atoms. The highest BCUT2D eigenvalue weighted by atomic mass is 16.2. The molecule has 1 aliphatic rings. The summed E-state index contributed by atoms with van der Waals surface area (Å²) in [7, 11) is 0. The highest BCUT2D eigenvalue weighted by molar-refractivity contribution is 5.88. The molecule has 1 saturated heterocycles. The number of amides is 2. The number of benzene rings is 2. The van der Waals surface area contributed by atoms with E-state index in [2.05, 4.69) is 5.32 Å². The highest BCUT2D eigenvalue weighted by Crippen LogP contribution is 2.25. The number of hydrogen-bond acceptors (Lipinski definition) is 2. The minimum atomic E-state index is -0.363. The van der Waals surface area contributed by atoms with Gasteiger partial charge < -0.3 is 10.2 Å². The molecule has 1 N–H and O–H groups in total. The van der Waals surface area contributed by atoms with Gasteiger partial charge in [0.1, 0.15) is 0 Å². The maximum Gasteiger partial charge on any atom is 0.232 e. The van der Waals surface area contributed by atoms with Gasteiger partial charge in [0.25, 0.3) is 0 Å². The Hall–Kier alpha value is -2.62. The molecule has 124 valence electrons. The van der Waals surface area contributed by atoms with Crippen molar-refractivity contribution in [3.63, 3.8) is 0 Å². The number of carbonyl (C=O) groups is 2. The van der Waals surface area contributed by atoms with Gasteiger partial charge in [0, 0.05) is 19.5 Å². The molecule has 2 amide bonds. The number of likely N-dealkylation sites (tertiary alicyclic amines) is 1. The molecule has 0 aliphatic carbocycles. The smallest absolute Gasteiger partial charge is 0.232 e. The average Bonchev–Trinajstić information content (AvgIpc) is 2.96. The lowest BCUT2D eigenvalue weighted by Crippen LogP contribution is -2.40. The molecule has 3 rings (SSSR count). The molecule has 1 heterocycles. The summed E-state index contributed by atoms with van der Waals surface area (Å²) in [4.78, 5) is 26.6. The van der Waals surface area contributed by atoms with Gasteiger partial charge >= 0.3 is 0 Å². The van der Waals surface area contributed by atoms with Crippen LogP contribution in [0.4, 0.5) is 0 Å². The summed E-state index contributed by atoms with van der Waals surface area (Å²) in [5, 5.41) is 3.07. The standard InChI is InChI=1S/C20H22N2O2/c1-2-22-14-17(13-18(22)23)21-20(24)19(15-9-5-3-6-10-15)16-11-7-4-8-12-16/h3-12,17,19H,2,13-14H2,1H3,(H,21,24). The molecule has 0 radical (unpaired) electrons. The molecule has 1 atom stereocenters. The number of rotatable bonds is 5. The molecular weight excluding hydrogens is 300 g/mol. The molecule has 1 aliphatic heterocycles. The first-order chi connectivity index (χ1) is 11.7. The Balaban J connectivity index is 1.81. The van der Waals surface area contributed by atoms with Gasteiger partial charge in [-0.15, -0.1) is 0 Å². The van der Waals surface area contributed by atoms with E-state index in [4.69, 9.17) is 0 Å². The van der Waals surface area contributed by atoms with Crippen LogP contribution in [0.1, 0.15) is 30.4 Å². The largest absolute Gasteiger partial charge is 0.350 e. The van der Waals surface area contributed by atoms with Gasteiger partial charge in [0.15, 0.2) is 0 Å². The van der Waals surface area contributed by atoms with E-state index in [-0.39, 0.29) is 23.8 Å². The van der Waals surface area contributed by atoms with Crippen LogP contribution in [0.5, 0.6) is 0 Å². The van der Waals surface area contributed by atoms with Crippen molar-refractivity contribution in [2.24, 2.45) is 0 Å². The van der Waals surface area contributed by atoms with Crippen LogP contribution in [0.2, 0.25) is 0 Å². The van der Waals surface area contributed by atoms with Gasteiger partial charge in [-0.25, -0.2) is 0 Å². The minimum Gasteiger partial charge on any atom is -0.350 e. The number of nitrogens with zero attached hydrogens (tertiary/aromatic N) is 1. The maximum absolute atomic E-state index is 13.0. The average molecular weight is 322 g/mol. The fourth-order valence-electron chi connectivity index (χ4n) is 3.25.